The maximum absolute atomic E-state index is 12.5. The minimum atomic E-state index is -3.74. The number of carbonyl (C=O) groups is 2. The van der Waals surface area contributed by atoms with E-state index in [2.05, 4.69) is 5.32 Å². The summed E-state index contributed by atoms with van der Waals surface area (Å²) in [6.07, 6.45) is 0. The van der Waals surface area contributed by atoms with Gasteiger partial charge in [0.05, 0.1) is 27.9 Å². The zero-order chi connectivity index (χ0) is 20.8. The fraction of sp³-hybridized carbons (Fsp3) is 0.263. The number of nitrogens with one attached hydrogen (secondary N) is 1. The van der Waals surface area contributed by atoms with Crippen LogP contribution in [-0.4, -0.2) is 32.8 Å². The van der Waals surface area contributed by atoms with E-state index in [9.17, 15) is 18.0 Å². The van der Waals surface area contributed by atoms with Crippen LogP contribution in [0.4, 0.5) is 5.69 Å². The first-order valence-electron chi connectivity index (χ1n) is 8.79. The van der Waals surface area contributed by atoms with Gasteiger partial charge in [-0.15, -0.1) is 0 Å². The third-order valence-electron chi connectivity index (χ3n) is 4.68. The lowest BCUT2D eigenvalue weighted by molar-refractivity contribution is -0.119. The number of rotatable bonds is 4. The summed E-state index contributed by atoms with van der Waals surface area (Å²) in [5, 5.41) is 2.80. The van der Waals surface area contributed by atoms with E-state index in [1.807, 2.05) is 6.07 Å². The van der Waals surface area contributed by atoms with Crippen LogP contribution < -0.4 is 19.1 Å². The highest BCUT2D eigenvalue weighted by Crippen LogP contribution is 2.33. The number of nitrogens with zero attached hydrogens (tertiary/aromatic N) is 1. The van der Waals surface area contributed by atoms with E-state index in [0.29, 0.717) is 11.5 Å². The summed E-state index contributed by atoms with van der Waals surface area (Å²) in [7, 11) is -3.74. The molecule has 0 radical (unpaired) electrons. The highest BCUT2D eigenvalue weighted by atomic mass is 35.5. The van der Waals surface area contributed by atoms with Crippen molar-refractivity contribution in [3.8, 4) is 11.5 Å². The molecule has 2 aromatic rings. The minimum absolute atomic E-state index is 0.0493. The van der Waals surface area contributed by atoms with Gasteiger partial charge in [0.15, 0.2) is 11.5 Å². The van der Waals surface area contributed by atoms with Crippen molar-refractivity contribution in [1.82, 2.24) is 5.32 Å². The van der Waals surface area contributed by atoms with Gasteiger partial charge in [0.2, 0.25) is 22.7 Å². The number of halogens is 1. The lowest BCUT2D eigenvalue weighted by Crippen LogP contribution is -2.30. The molecule has 0 bridgehead atoms. The van der Waals surface area contributed by atoms with Crippen molar-refractivity contribution in [2.75, 3.05) is 16.9 Å². The highest BCUT2D eigenvalue weighted by molar-refractivity contribution is 7.94. The number of hydrogen-bond acceptors (Lipinski definition) is 6. The van der Waals surface area contributed by atoms with Crippen molar-refractivity contribution >= 4 is 39.1 Å². The standard InChI is InChI=1S/C19H17ClN2O6S/c1-11-9-29(25,26)22(19(11)24)13-3-4-14(15(20)7-13)18(23)21-8-12-2-5-16-17(6-12)28-10-27-16/h2-7,11H,8-10H2,1H3,(H,21,23). The Morgan fingerprint density at radius 1 is 1.21 bits per heavy atom. The summed E-state index contributed by atoms with van der Waals surface area (Å²) >= 11 is 6.21. The van der Waals surface area contributed by atoms with Crippen LogP contribution in [0.25, 0.3) is 0 Å². The molecule has 1 saturated heterocycles. The molecule has 0 saturated carbocycles. The number of ether oxygens (including phenoxy) is 2. The first-order chi connectivity index (χ1) is 13.8. The quantitative estimate of drug-likeness (QED) is 0.789. The Kier molecular flexibility index (Phi) is 4.87. The normalized spacial score (nSPS) is 19.4. The number of anilines is 1. The SMILES string of the molecule is CC1CS(=O)(=O)N(c2ccc(C(=O)NCc3ccc4c(c3)OCO4)c(Cl)c2)C1=O. The molecule has 0 aliphatic carbocycles. The fourth-order valence-corrected chi connectivity index (χ4v) is 5.30. The predicted molar refractivity (Wildman–Crippen MR) is 106 cm³/mol. The highest BCUT2D eigenvalue weighted by Gasteiger charge is 2.42. The average molecular weight is 437 g/mol. The molecule has 2 amide bonds. The van der Waals surface area contributed by atoms with Crippen LogP contribution in [0.2, 0.25) is 5.02 Å². The van der Waals surface area contributed by atoms with Gasteiger partial charge in [0.1, 0.15) is 0 Å². The zero-order valence-corrected chi connectivity index (χ0v) is 16.9. The summed E-state index contributed by atoms with van der Waals surface area (Å²) in [5.74, 6) is -0.543. The van der Waals surface area contributed by atoms with Crippen molar-refractivity contribution in [3.05, 3.63) is 52.5 Å². The monoisotopic (exact) mass is 436 g/mol. The summed E-state index contributed by atoms with van der Waals surface area (Å²) in [6, 6.07) is 9.46. The Morgan fingerprint density at radius 3 is 2.66 bits per heavy atom. The Balaban J connectivity index is 1.49. The molecule has 2 aliphatic heterocycles. The first-order valence-corrected chi connectivity index (χ1v) is 10.8. The number of amides is 2. The molecule has 2 aliphatic rings. The van der Waals surface area contributed by atoms with E-state index in [1.54, 1.807) is 19.1 Å². The molecule has 1 atom stereocenters. The number of carbonyl (C=O) groups excluding carboxylic acids is 2. The van der Waals surface area contributed by atoms with E-state index in [-0.39, 0.29) is 35.4 Å². The van der Waals surface area contributed by atoms with Gasteiger partial charge < -0.3 is 14.8 Å². The maximum Gasteiger partial charge on any atom is 0.253 e. The van der Waals surface area contributed by atoms with Crippen LogP contribution >= 0.6 is 11.6 Å². The number of hydrogen-bond donors (Lipinski definition) is 1. The van der Waals surface area contributed by atoms with Crippen LogP contribution in [-0.2, 0) is 21.4 Å². The van der Waals surface area contributed by atoms with Crippen molar-refractivity contribution in [1.29, 1.82) is 0 Å². The Bertz CT molecular complexity index is 1120. The second-order valence-corrected chi connectivity index (χ2v) is 9.09. The number of fused-ring (bicyclic) bond motifs is 1. The van der Waals surface area contributed by atoms with E-state index in [4.69, 9.17) is 21.1 Å². The van der Waals surface area contributed by atoms with E-state index in [1.165, 1.54) is 18.2 Å². The lowest BCUT2D eigenvalue weighted by atomic mass is 10.1. The van der Waals surface area contributed by atoms with Gasteiger partial charge >= 0.3 is 0 Å². The molecule has 2 heterocycles. The van der Waals surface area contributed by atoms with E-state index >= 15 is 0 Å². The third kappa shape index (κ3) is 3.63. The second kappa shape index (κ2) is 7.23. The van der Waals surface area contributed by atoms with Gasteiger partial charge in [-0.1, -0.05) is 24.6 Å². The molecule has 1 fully saturated rings. The maximum atomic E-state index is 12.5. The Labute approximate surface area is 172 Å². The van der Waals surface area contributed by atoms with Gasteiger partial charge in [-0.05, 0) is 35.9 Å². The van der Waals surface area contributed by atoms with Crippen LogP contribution in [0.5, 0.6) is 11.5 Å². The molecule has 152 valence electrons. The van der Waals surface area contributed by atoms with E-state index in [0.717, 1.165) is 9.87 Å². The molecule has 10 heteroatoms. The van der Waals surface area contributed by atoms with Gasteiger partial charge in [-0.25, -0.2) is 12.7 Å². The number of sulfonamides is 1. The molecule has 0 spiro atoms. The van der Waals surface area contributed by atoms with Gasteiger partial charge in [-0.2, -0.15) is 0 Å². The largest absolute Gasteiger partial charge is 0.454 e. The van der Waals surface area contributed by atoms with E-state index < -0.39 is 27.8 Å². The molecule has 8 nitrogen and oxygen atoms in total. The predicted octanol–water partition coefficient (Wildman–Crippen LogP) is 2.31. The molecule has 2 aromatic carbocycles. The summed E-state index contributed by atoms with van der Waals surface area (Å²) < 4.78 is 35.7. The molecular formula is C19H17ClN2O6S. The van der Waals surface area contributed by atoms with Gasteiger partial charge in [-0.3, -0.25) is 9.59 Å². The van der Waals surface area contributed by atoms with Crippen LogP contribution in [0.15, 0.2) is 36.4 Å². The van der Waals surface area contributed by atoms with Crippen LogP contribution in [0, 0.1) is 5.92 Å². The average Bonchev–Trinajstić information content (AvgIpc) is 3.20. The smallest absolute Gasteiger partial charge is 0.253 e. The second-order valence-electron chi connectivity index (χ2n) is 6.82. The summed E-state index contributed by atoms with van der Waals surface area (Å²) in [4.78, 5) is 24.7. The topological polar surface area (TPSA) is 102 Å². The zero-order valence-electron chi connectivity index (χ0n) is 15.3. The molecule has 4 rings (SSSR count). The summed E-state index contributed by atoms with van der Waals surface area (Å²) in [6.45, 7) is 1.96. The van der Waals surface area contributed by atoms with Gasteiger partial charge in [0, 0.05) is 6.54 Å². The number of benzene rings is 2. The van der Waals surface area contributed by atoms with Crippen molar-refractivity contribution in [3.63, 3.8) is 0 Å². The Hall–Kier alpha value is -2.78. The van der Waals surface area contributed by atoms with Gasteiger partial charge in [0.25, 0.3) is 5.91 Å². The van der Waals surface area contributed by atoms with Crippen molar-refractivity contribution < 1.29 is 27.5 Å². The fourth-order valence-electron chi connectivity index (χ4n) is 3.23. The molecule has 0 aromatic heterocycles. The molecule has 29 heavy (non-hydrogen) atoms. The molecule has 1 unspecified atom stereocenters. The first kappa shape index (κ1) is 19.5. The molecular weight excluding hydrogens is 420 g/mol. The van der Waals surface area contributed by atoms with Crippen molar-refractivity contribution in [2.45, 2.75) is 13.5 Å². The summed E-state index contributed by atoms with van der Waals surface area (Å²) in [5.41, 5.74) is 1.11. The minimum Gasteiger partial charge on any atom is -0.454 e. The van der Waals surface area contributed by atoms with Crippen molar-refractivity contribution in [2.24, 2.45) is 5.92 Å². The van der Waals surface area contributed by atoms with Crippen LogP contribution in [0.1, 0.15) is 22.8 Å². The molecule has 1 N–H and O–H groups in total. The van der Waals surface area contributed by atoms with Crippen LogP contribution in [0.3, 0.4) is 0 Å². The Morgan fingerprint density at radius 2 is 1.97 bits per heavy atom. The lowest BCUT2D eigenvalue weighted by Gasteiger charge is -2.16. The third-order valence-corrected chi connectivity index (χ3v) is 6.86.